The zero-order chi connectivity index (χ0) is 15.7. The largest absolute Gasteiger partial charge is 0.466 e. The van der Waals surface area contributed by atoms with Gasteiger partial charge in [-0.1, -0.05) is 30.3 Å². The summed E-state index contributed by atoms with van der Waals surface area (Å²) in [5, 5.41) is 5.79. The summed E-state index contributed by atoms with van der Waals surface area (Å²) in [6.45, 7) is 3.89. The lowest BCUT2D eigenvalue weighted by molar-refractivity contribution is -0.143. The van der Waals surface area contributed by atoms with Crippen molar-refractivity contribution >= 4 is 11.9 Å². The lowest BCUT2D eigenvalue weighted by atomic mass is 10.0. The van der Waals surface area contributed by atoms with Gasteiger partial charge in [0.1, 0.15) is 0 Å². The van der Waals surface area contributed by atoms with Crippen molar-refractivity contribution in [3.8, 4) is 0 Å². The van der Waals surface area contributed by atoms with Gasteiger partial charge in [0.15, 0.2) is 0 Å². The summed E-state index contributed by atoms with van der Waals surface area (Å²) in [5.41, 5.74) is 1.07. The number of rotatable bonds is 8. The van der Waals surface area contributed by atoms with Gasteiger partial charge in [-0.25, -0.2) is 0 Å². The minimum Gasteiger partial charge on any atom is -0.466 e. The molecule has 0 aromatic heterocycles. The monoisotopic (exact) mass is 292 g/mol. The van der Waals surface area contributed by atoms with E-state index < -0.39 is 0 Å². The third-order valence-corrected chi connectivity index (χ3v) is 3.22. The number of likely N-dealkylation sites (N-methyl/N-ethyl adjacent to an activating group) is 1. The third kappa shape index (κ3) is 6.40. The van der Waals surface area contributed by atoms with Crippen molar-refractivity contribution in [2.75, 3.05) is 13.7 Å². The summed E-state index contributed by atoms with van der Waals surface area (Å²) in [7, 11) is 1.72. The summed E-state index contributed by atoms with van der Waals surface area (Å²) in [6, 6.07) is 9.20. The molecule has 1 aromatic rings. The van der Waals surface area contributed by atoms with E-state index >= 15 is 0 Å². The molecule has 2 atom stereocenters. The van der Waals surface area contributed by atoms with E-state index in [4.69, 9.17) is 4.74 Å². The van der Waals surface area contributed by atoms with Crippen LogP contribution in [0.5, 0.6) is 0 Å². The van der Waals surface area contributed by atoms with E-state index in [-0.39, 0.29) is 30.4 Å². The number of carbonyl (C=O) groups excluding carboxylic acids is 2. The number of hydrogen-bond donors (Lipinski definition) is 2. The van der Waals surface area contributed by atoms with Crippen molar-refractivity contribution in [2.45, 2.75) is 38.8 Å². The molecule has 0 aliphatic heterocycles. The summed E-state index contributed by atoms with van der Waals surface area (Å²) >= 11 is 0. The second-order valence-electron chi connectivity index (χ2n) is 4.91. The molecule has 0 aliphatic rings. The van der Waals surface area contributed by atoms with Crippen molar-refractivity contribution in [2.24, 2.45) is 0 Å². The Hall–Kier alpha value is -1.88. The minimum atomic E-state index is -0.300. The molecule has 0 aliphatic carbocycles. The Morgan fingerprint density at radius 3 is 2.48 bits per heavy atom. The molecule has 5 heteroatoms. The van der Waals surface area contributed by atoms with E-state index in [2.05, 4.69) is 10.6 Å². The minimum absolute atomic E-state index is 0.122. The molecule has 1 amide bonds. The Morgan fingerprint density at radius 1 is 1.24 bits per heavy atom. The molecule has 5 nitrogen and oxygen atoms in total. The molecule has 1 aromatic carbocycles. The molecule has 2 N–H and O–H groups in total. The lowest BCUT2D eigenvalue weighted by Crippen LogP contribution is -2.46. The van der Waals surface area contributed by atoms with Gasteiger partial charge >= 0.3 is 5.97 Å². The Morgan fingerprint density at radius 2 is 1.90 bits per heavy atom. The first-order valence-corrected chi connectivity index (χ1v) is 7.24. The maximum absolute atomic E-state index is 12.0. The molecule has 2 unspecified atom stereocenters. The molecule has 0 spiro atoms. The van der Waals surface area contributed by atoms with Crippen LogP contribution in [0, 0.1) is 0 Å². The van der Waals surface area contributed by atoms with Gasteiger partial charge in [-0.15, -0.1) is 0 Å². The van der Waals surface area contributed by atoms with Crippen LogP contribution in [0.3, 0.4) is 0 Å². The number of nitrogens with one attached hydrogen (secondary N) is 2. The molecule has 0 radical (unpaired) electrons. The standard InChI is InChI=1S/C16H24N2O3/c1-4-21-15(19)11-14(18-16(20)12(2)17-3)10-13-8-6-5-7-9-13/h5-9,12,14,17H,4,10-11H2,1-3H3,(H,18,20). The van der Waals surface area contributed by atoms with Crippen LogP contribution in [0.1, 0.15) is 25.8 Å². The smallest absolute Gasteiger partial charge is 0.307 e. The number of benzene rings is 1. The molecular formula is C16H24N2O3. The first-order chi connectivity index (χ1) is 10.1. The van der Waals surface area contributed by atoms with Crippen molar-refractivity contribution < 1.29 is 14.3 Å². The second kappa shape index (κ2) is 9.13. The highest BCUT2D eigenvalue weighted by molar-refractivity contribution is 5.82. The van der Waals surface area contributed by atoms with E-state index in [1.807, 2.05) is 30.3 Å². The molecule has 21 heavy (non-hydrogen) atoms. The van der Waals surface area contributed by atoms with Gasteiger partial charge in [-0.2, -0.15) is 0 Å². The quantitative estimate of drug-likeness (QED) is 0.708. The topological polar surface area (TPSA) is 67.4 Å². The Balaban J connectivity index is 2.69. The highest BCUT2D eigenvalue weighted by atomic mass is 16.5. The van der Waals surface area contributed by atoms with Crippen LogP contribution in [-0.2, 0) is 20.7 Å². The van der Waals surface area contributed by atoms with E-state index in [1.165, 1.54) is 0 Å². The normalized spacial score (nSPS) is 13.3. The molecule has 0 saturated carbocycles. The number of carbonyl (C=O) groups is 2. The predicted molar refractivity (Wildman–Crippen MR) is 81.8 cm³/mol. The highest BCUT2D eigenvalue weighted by Crippen LogP contribution is 2.07. The SMILES string of the molecule is CCOC(=O)CC(Cc1ccccc1)NC(=O)C(C)NC. The number of esters is 1. The van der Waals surface area contributed by atoms with E-state index in [1.54, 1.807) is 20.9 Å². The fourth-order valence-corrected chi connectivity index (χ4v) is 1.95. The second-order valence-corrected chi connectivity index (χ2v) is 4.91. The molecule has 0 heterocycles. The number of amides is 1. The van der Waals surface area contributed by atoms with Gasteiger partial charge in [-0.05, 0) is 32.9 Å². The summed E-state index contributed by atoms with van der Waals surface area (Å²) in [5.74, 6) is -0.418. The molecule has 1 rings (SSSR count). The van der Waals surface area contributed by atoms with Crippen molar-refractivity contribution in [3.63, 3.8) is 0 Å². The maximum atomic E-state index is 12.0. The van der Waals surface area contributed by atoms with Crippen molar-refractivity contribution in [3.05, 3.63) is 35.9 Å². The summed E-state index contributed by atoms with van der Waals surface area (Å²) in [4.78, 5) is 23.7. The van der Waals surface area contributed by atoms with Crippen LogP contribution < -0.4 is 10.6 Å². The van der Waals surface area contributed by atoms with Gasteiger partial charge in [0, 0.05) is 6.04 Å². The van der Waals surface area contributed by atoms with Crippen LogP contribution in [0.15, 0.2) is 30.3 Å². The van der Waals surface area contributed by atoms with E-state index in [0.29, 0.717) is 13.0 Å². The maximum Gasteiger partial charge on any atom is 0.307 e. The number of hydrogen-bond acceptors (Lipinski definition) is 4. The van der Waals surface area contributed by atoms with Gasteiger partial charge < -0.3 is 15.4 Å². The molecule has 0 bridgehead atoms. The Bertz CT molecular complexity index is 448. The summed E-state index contributed by atoms with van der Waals surface area (Å²) in [6.07, 6.45) is 0.771. The van der Waals surface area contributed by atoms with Gasteiger partial charge in [0.2, 0.25) is 5.91 Å². The third-order valence-electron chi connectivity index (χ3n) is 3.22. The van der Waals surface area contributed by atoms with Gasteiger partial charge in [0.25, 0.3) is 0 Å². The average Bonchev–Trinajstić information content (AvgIpc) is 2.47. The van der Waals surface area contributed by atoms with Gasteiger partial charge in [0.05, 0.1) is 19.1 Å². The first kappa shape index (κ1) is 17.2. The van der Waals surface area contributed by atoms with Crippen molar-refractivity contribution in [1.29, 1.82) is 0 Å². The van der Waals surface area contributed by atoms with Crippen LogP contribution in [0.25, 0.3) is 0 Å². The molecule has 0 fully saturated rings. The van der Waals surface area contributed by atoms with Crippen LogP contribution in [-0.4, -0.2) is 37.6 Å². The van der Waals surface area contributed by atoms with Gasteiger partial charge in [-0.3, -0.25) is 9.59 Å². The molecule has 116 valence electrons. The Kier molecular flexibility index (Phi) is 7.46. The zero-order valence-corrected chi connectivity index (χ0v) is 12.9. The average molecular weight is 292 g/mol. The molecular weight excluding hydrogens is 268 g/mol. The van der Waals surface area contributed by atoms with Crippen molar-refractivity contribution in [1.82, 2.24) is 10.6 Å². The van der Waals surface area contributed by atoms with Crippen LogP contribution in [0.2, 0.25) is 0 Å². The van der Waals surface area contributed by atoms with E-state index in [0.717, 1.165) is 5.56 Å². The Labute approximate surface area is 126 Å². The lowest BCUT2D eigenvalue weighted by Gasteiger charge is -2.20. The van der Waals surface area contributed by atoms with Crippen LogP contribution >= 0.6 is 0 Å². The van der Waals surface area contributed by atoms with Crippen LogP contribution in [0.4, 0.5) is 0 Å². The predicted octanol–water partition coefficient (Wildman–Crippen LogP) is 1.27. The fourth-order valence-electron chi connectivity index (χ4n) is 1.95. The fraction of sp³-hybridized carbons (Fsp3) is 0.500. The first-order valence-electron chi connectivity index (χ1n) is 7.24. The highest BCUT2D eigenvalue weighted by Gasteiger charge is 2.20. The molecule has 0 saturated heterocycles. The van der Waals surface area contributed by atoms with E-state index in [9.17, 15) is 9.59 Å². The summed E-state index contributed by atoms with van der Waals surface area (Å²) < 4.78 is 4.97. The zero-order valence-electron chi connectivity index (χ0n) is 12.9. The number of ether oxygens (including phenoxy) is 1.